The van der Waals surface area contributed by atoms with Crippen LogP contribution in [0, 0.1) is 12.8 Å². The number of benzene rings is 1. The number of carbonyl (C=O) groups excluding carboxylic acids is 1. The molecule has 0 aliphatic heterocycles. The molecule has 2 N–H and O–H groups in total. The Hall–Kier alpha value is -1.55. The van der Waals surface area contributed by atoms with Crippen LogP contribution in [0.4, 0.5) is 0 Å². The van der Waals surface area contributed by atoms with E-state index in [1.165, 1.54) is 0 Å². The summed E-state index contributed by atoms with van der Waals surface area (Å²) in [7, 11) is 1.68. The summed E-state index contributed by atoms with van der Waals surface area (Å²) in [4.78, 5) is 13.2. The molecule has 1 aromatic carbocycles. The molecule has 2 saturated carbocycles. The molecule has 1 aromatic rings. The topological polar surface area (TPSA) is 58.6 Å². The van der Waals surface area contributed by atoms with E-state index in [2.05, 4.69) is 17.4 Å². The smallest absolute Gasteiger partial charge is 0.230 e. The van der Waals surface area contributed by atoms with Crippen molar-refractivity contribution >= 4 is 5.91 Å². The number of aliphatic hydroxyl groups is 1. The second-order valence-electron chi connectivity index (χ2n) is 7.87. The molecule has 3 rings (SSSR count). The summed E-state index contributed by atoms with van der Waals surface area (Å²) in [6.45, 7) is 2.71. The normalized spacial score (nSPS) is 25.6. The molecule has 0 bridgehead atoms. The molecule has 0 heterocycles. The maximum atomic E-state index is 13.2. The Morgan fingerprint density at radius 2 is 2.04 bits per heavy atom. The molecule has 25 heavy (non-hydrogen) atoms. The van der Waals surface area contributed by atoms with Crippen LogP contribution in [-0.4, -0.2) is 30.8 Å². The Morgan fingerprint density at radius 3 is 2.72 bits per heavy atom. The number of ether oxygens (including phenoxy) is 1. The first-order valence-electron chi connectivity index (χ1n) is 9.66. The van der Waals surface area contributed by atoms with Crippen LogP contribution >= 0.6 is 0 Å². The zero-order valence-electron chi connectivity index (χ0n) is 15.5. The highest BCUT2D eigenvalue weighted by Gasteiger charge is 2.43. The predicted octanol–water partition coefficient (Wildman–Crippen LogP) is 3.48. The van der Waals surface area contributed by atoms with Crippen LogP contribution in [-0.2, 0) is 10.2 Å². The Morgan fingerprint density at radius 1 is 1.28 bits per heavy atom. The van der Waals surface area contributed by atoms with E-state index in [1.807, 2.05) is 13.0 Å². The lowest BCUT2D eigenvalue weighted by Crippen LogP contribution is -2.45. The van der Waals surface area contributed by atoms with E-state index >= 15 is 0 Å². The van der Waals surface area contributed by atoms with Crippen molar-refractivity contribution < 1.29 is 14.6 Å². The fourth-order valence-corrected chi connectivity index (χ4v) is 4.60. The number of aliphatic hydroxyl groups excluding tert-OH is 1. The van der Waals surface area contributed by atoms with Gasteiger partial charge in [0.1, 0.15) is 5.75 Å². The molecule has 0 spiro atoms. The molecule has 0 saturated heterocycles. The molecule has 4 heteroatoms. The third-order valence-corrected chi connectivity index (χ3v) is 6.16. The van der Waals surface area contributed by atoms with Crippen molar-refractivity contribution in [2.24, 2.45) is 5.92 Å². The number of hydrogen-bond acceptors (Lipinski definition) is 3. The van der Waals surface area contributed by atoms with Crippen molar-refractivity contribution in [2.45, 2.75) is 69.8 Å². The van der Waals surface area contributed by atoms with E-state index < -0.39 is 5.41 Å². The molecule has 0 aromatic heterocycles. The number of methoxy groups -OCH3 is 1. The summed E-state index contributed by atoms with van der Waals surface area (Å²) >= 11 is 0. The Balaban J connectivity index is 1.74. The van der Waals surface area contributed by atoms with Gasteiger partial charge in [0.2, 0.25) is 5.91 Å². The van der Waals surface area contributed by atoms with Gasteiger partial charge < -0.3 is 15.2 Å². The summed E-state index contributed by atoms with van der Waals surface area (Å²) in [6, 6.07) is 6.19. The summed E-state index contributed by atoms with van der Waals surface area (Å²) in [6.07, 6.45) is 7.65. The third kappa shape index (κ3) is 3.84. The highest BCUT2D eigenvalue weighted by atomic mass is 16.5. The minimum absolute atomic E-state index is 0.149. The number of rotatable bonds is 5. The Kier molecular flexibility index (Phi) is 5.67. The lowest BCUT2D eigenvalue weighted by molar-refractivity contribution is -0.127. The van der Waals surface area contributed by atoms with Gasteiger partial charge in [-0.15, -0.1) is 0 Å². The third-order valence-electron chi connectivity index (χ3n) is 6.16. The van der Waals surface area contributed by atoms with Crippen molar-refractivity contribution in [3.05, 3.63) is 29.3 Å². The molecular formula is C21H31NO3. The molecule has 0 radical (unpaired) electrons. The van der Waals surface area contributed by atoms with Gasteiger partial charge in [0.25, 0.3) is 0 Å². The zero-order valence-corrected chi connectivity index (χ0v) is 15.5. The average molecular weight is 345 g/mol. The Bertz CT molecular complexity index is 607. The van der Waals surface area contributed by atoms with Gasteiger partial charge in [0.15, 0.2) is 0 Å². The largest absolute Gasteiger partial charge is 0.496 e. The maximum absolute atomic E-state index is 13.2. The predicted molar refractivity (Wildman–Crippen MR) is 98.9 cm³/mol. The number of aryl methyl sites for hydroxylation is 1. The van der Waals surface area contributed by atoms with Crippen LogP contribution in [0.2, 0.25) is 0 Å². The summed E-state index contributed by atoms with van der Waals surface area (Å²) < 4.78 is 5.48. The van der Waals surface area contributed by atoms with E-state index in [9.17, 15) is 9.90 Å². The molecule has 2 aliphatic rings. The molecule has 1 amide bonds. The van der Waals surface area contributed by atoms with Gasteiger partial charge in [0, 0.05) is 6.54 Å². The van der Waals surface area contributed by atoms with Crippen molar-refractivity contribution in [2.75, 3.05) is 13.7 Å². The van der Waals surface area contributed by atoms with Crippen LogP contribution in [0.1, 0.15) is 62.5 Å². The average Bonchev–Trinajstić information content (AvgIpc) is 3.11. The zero-order chi connectivity index (χ0) is 17.9. The first-order chi connectivity index (χ1) is 12.0. The fourth-order valence-electron chi connectivity index (χ4n) is 4.60. The van der Waals surface area contributed by atoms with E-state index in [0.717, 1.165) is 68.2 Å². The quantitative estimate of drug-likeness (QED) is 0.859. The molecule has 2 unspecified atom stereocenters. The van der Waals surface area contributed by atoms with Crippen molar-refractivity contribution in [1.29, 1.82) is 0 Å². The van der Waals surface area contributed by atoms with E-state index in [1.54, 1.807) is 7.11 Å². The van der Waals surface area contributed by atoms with Gasteiger partial charge in [-0.2, -0.15) is 0 Å². The maximum Gasteiger partial charge on any atom is 0.230 e. The van der Waals surface area contributed by atoms with Gasteiger partial charge in [-0.25, -0.2) is 0 Å². The number of amides is 1. The van der Waals surface area contributed by atoms with Crippen molar-refractivity contribution in [1.82, 2.24) is 5.32 Å². The minimum Gasteiger partial charge on any atom is -0.496 e. The first-order valence-corrected chi connectivity index (χ1v) is 9.66. The number of nitrogens with one attached hydrogen (secondary N) is 1. The van der Waals surface area contributed by atoms with E-state index in [-0.39, 0.29) is 12.0 Å². The fraction of sp³-hybridized carbons (Fsp3) is 0.667. The van der Waals surface area contributed by atoms with Crippen LogP contribution in [0.5, 0.6) is 5.75 Å². The highest BCUT2D eigenvalue weighted by Crippen LogP contribution is 2.43. The van der Waals surface area contributed by atoms with Crippen LogP contribution in [0.15, 0.2) is 18.2 Å². The van der Waals surface area contributed by atoms with Gasteiger partial charge in [-0.1, -0.05) is 31.4 Å². The van der Waals surface area contributed by atoms with Gasteiger partial charge in [-0.3, -0.25) is 4.79 Å². The van der Waals surface area contributed by atoms with Crippen molar-refractivity contribution in [3.63, 3.8) is 0 Å². The van der Waals surface area contributed by atoms with E-state index in [4.69, 9.17) is 4.74 Å². The number of hydrogen-bond donors (Lipinski definition) is 2. The molecular weight excluding hydrogens is 314 g/mol. The first kappa shape index (κ1) is 18.2. The van der Waals surface area contributed by atoms with Crippen LogP contribution < -0.4 is 10.1 Å². The van der Waals surface area contributed by atoms with Crippen LogP contribution in [0.3, 0.4) is 0 Å². The molecule has 2 fully saturated rings. The molecule has 138 valence electrons. The second-order valence-corrected chi connectivity index (χ2v) is 7.87. The highest BCUT2D eigenvalue weighted by molar-refractivity contribution is 5.88. The molecule has 4 nitrogen and oxygen atoms in total. The molecule has 2 aliphatic carbocycles. The summed E-state index contributed by atoms with van der Waals surface area (Å²) in [5.41, 5.74) is 1.75. The number of carbonyl (C=O) groups is 1. The van der Waals surface area contributed by atoms with Crippen molar-refractivity contribution in [3.8, 4) is 5.75 Å². The summed E-state index contributed by atoms with van der Waals surface area (Å²) in [5, 5.41) is 13.1. The monoisotopic (exact) mass is 345 g/mol. The van der Waals surface area contributed by atoms with Gasteiger partial charge in [-0.05, 0) is 62.1 Å². The minimum atomic E-state index is -0.422. The lowest BCUT2D eigenvalue weighted by Gasteiger charge is -2.31. The lowest BCUT2D eigenvalue weighted by atomic mass is 9.77. The van der Waals surface area contributed by atoms with E-state index in [0.29, 0.717) is 12.5 Å². The SMILES string of the molecule is COc1cc(C2(C(=O)NCC3CCCC(O)C3)CCCC2)ccc1C. The molecule has 2 atom stereocenters. The van der Waals surface area contributed by atoms with Gasteiger partial charge in [0.05, 0.1) is 18.6 Å². The van der Waals surface area contributed by atoms with Gasteiger partial charge >= 0.3 is 0 Å². The summed E-state index contributed by atoms with van der Waals surface area (Å²) in [5.74, 6) is 1.40. The standard InChI is InChI=1S/C21H31NO3/c1-15-8-9-17(13-19(15)25-2)21(10-3-4-11-21)20(24)22-14-16-6-5-7-18(23)12-16/h8-9,13,16,18,23H,3-7,10-12,14H2,1-2H3,(H,22,24). The van der Waals surface area contributed by atoms with Crippen LogP contribution in [0.25, 0.3) is 0 Å². The second kappa shape index (κ2) is 7.77. The Labute approximate surface area is 151 Å².